The largest absolute Gasteiger partial charge is 0.381 e. The molecule has 1 fully saturated rings. The molecule has 1 aliphatic rings. The van der Waals surface area contributed by atoms with E-state index in [1.54, 1.807) is 7.05 Å². The number of nitrogens with zero attached hydrogens (tertiary/aromatic N) is 2. The van der Waals surface area contributed by atoms with E-state index >= 15 is 0 Å². The fourth-order valence-electron chi connectivity index (χ4n) is 2.74. The fraction of sp³-hybridized carbons (Fsp3) is 0.611. The van der Waals surface area contributed by atoms with Crippen LogP contribution in [0.2, 0.25) is 10.0 Å². The summed E-state index contributed by atoms with van der Waals surface area (Å²) in [5, 5.41) is 4.51. The maximum absolute atomic E-state index is 6.08. The molecule has 1 N–H and O–H groups in total. The Bertz CT molecular complexity index is 569. The standard InChI is InChI=1S/C18H27Cl2N3O2.HI/c1-21-18(22-8-3-9-25-15-6-10-24-11-7-15)23(2)13-14-4-5-16(19)17(20)12-14;/h4-5,12,15H,3,6-11,13H2,1-2H3,(H,21,22);1H. The molecule has 5 nitrogen and oxygen atoms in total. The van der Waals surface area contributed by atoms with E-state index < -0.39 is 0 Å². The molecule has 1 saturated heterocycles. The Morgan fingerprint density at radius 3 is 2.69 bits per heavy atom. The number of rotatable bonds is 7. The number of hydrogen-bond acceptors (Lipinski definition) is 3. The minimum atomic E-state index is 0. The second-order valence-corrected chi connectivity index (χ2v) is 6.93. The van der Waals surface area contributed by atoms with Crippen molar-refractivity contribution in [3.8, 4) is 0 Å². The van der Waals surface area contributed by atoms with Crippen LogP contribution in [0.5, 0.6) is 0 Å². The number of ether oxygens (including phenoxy) is 2. The highest BCUT2D eigenvalue weighted by Crippen LogP contribution is 2.23. The van der Waals surface area contributed by atoms with Gasteiger partial charge < -0.3 is 19.7 Å². The third kappa shape index (κ3) is 8.17. The lowest BCUT2D eigenvalue weighted by Crippen LogP contribution is -2.39. The van der Waals surface area contributed by atoms with Crippen LogP contribution in [0.3, 0.4) is 0 Å². The Hall–Kier alpha value is -0.280. The molecule has 26 heavy (non-hydrogen) atoms. The first kappa shape index (κ1) is 23.8. The summed E-state index contributed by atoms with van der Waals surface area (Å²) in [5.74, 6) is 0.845. The highest BCUT2D eigenvalue weighted by molar-refractivity contribution is 14.0. The molecular weight excluding hydrogens is 488 g/mol. The third-order valence-electron chi connectivity index (χ3n) is 4.10. The van der Waals surface area contributed by atoms with Crippen molar-refractivity contribution in [3.63, 3.8) is 0 Å². The van der Waals surface area contributed by atoms with Gasteiger partial charge in [-0.2, -0.15) is 0 Å². The Labute approximate surface area is 183 Å². The lowest BCUT2D eigenvalue weighted by molar-refractivity contribution is -0.0320. The lowest BCUT2D eigenvalue weighted by Gasteiger charge is -2.24. The van der Waals surface area contributed by atoms with Gasteiger partial charge in [-0.1, -0.05) is 29.3 Å². The Balaban J connectivity index is 0.00000338. The van der Waals surface area contributed by atoms with Gasteiger partial charge in [0.15, 0.2) is 5.96 Å². The second kappa shape index (κ2) is 13.0. The summed E-state index contributed by atoms with van der Waals surface area (Å²) in [6.45, 7) is 3.91. The topological polar surface area (TPSA) is 46.1 Å². The zero-order valence-corrected chi connectivity index (χ0v) is 19.2. The molecule has 0 saturated carbocycles. The molecule has 0 aliphatic carbocycles. The second-order valence-electron chi connectivity index (χ2n) is 6.11. The molecule has 0 radical (unpaired) electrons. The number of nitrogens with one attached hydrogen (secondary N) is 1. The highest BCUT2D eigenvalue weighted by atomic mass is 127. The van der Waals surface area contributed by atoms with Gasteiger partial charge in [-0.05, 0) is 37.0 Å². The van der Waals surface area contributed by atoms with Crippen molar-refractivity contribution in [1.82, 2.24) is 10.2 Å². The molecule has 0 unspecified atom stereocenters. The molecule has 8 heteroatoms. The highest BCUT2D eigenvalue weighted by Gasteiger charge is 2.13. The summed E-state index contributed by atoms with van der Waals surface area (Å²) >= 11 is 12.0. The number of benzene rings is 1. The molecule has 1 aromatic carbocycles. The average molecular weight is 516 g/mol. The fourth-order valence-corrected chi connectivity index (χ4v) is 3.06. The van der Waals surface area contributed by atoms with Gasteiger partial charge >= 0.3 is 0 Å². The van der Waals surface area contributed by atoms with Gasteiger partial charge in [-0.25, -0.2) is 0 Å². The van der Waals surface area contributed by atoms with E-state index in [0.29, 0.717) is 22.7 Å². The summed E-state index contributed by atoms with van der Waals surface area (Å²) in [6.07, 6.45) is 3.30. The van der Waals surface area contributed by atoms with Crippen molar-refractivity contribution in [2.45, 2.75) is 31.9 Å². The Kier molecular flexibility index (Phi) is 11.9. The van der Waals surface area contributed by atoms with Crippen molar-refractivity contribution in [2.24, 2.45) is 4.99 Å². The SMILES string of the molecule is CN=C(NCCCOC1CCOCC1)N(C)Cc1ccc(Cl)c(Cl)c1.I. The summed E-state index contributed by atoms with van der Waals surface area (Å²) in [5.41, 5.74) is 1.09. The van der Waals surface area contributed by atoms with Crippen LogP contribution in [-0.2, 0) is 16.0 Å². The van der Waals surface area contributed by atoms with Gasteiger partial charge in [0.25, 0.3) is 0 Å². The molecule has 2 rings (SSSR count). The van der Waals surface area contributed by atoms with Crippen molar-refractivity contribution >= 4 is 53.1 Å². The van der Waals surface area contributed by atoms with Crippen LogP contribution in [0.25, 0.3) is 0 Å². The maximum Gasteiger partial charge on any atom is 0.193 e. The predicted molar refractivity (Wildman–Crippen MR) is 119 cm³/mol. The monoisotopic (exact) mass is 515 g/mol. The molecule has 0 bridgehead atoms. The van der Waals surface area contributed by atoms with Crippen molar-refractivity contribution in [2.75, 3.05) is 40.5 Å². The summed E-state index contributed by atoms with van der Waals surface area (Å²) < 4.78 is 11.2. The van der Waals surface area contributed by atoms with Crippen molar-refractivity contribution in [3.05, 3.63) is 33.8 Å². The molecule has 1 aliphatic heterocycles. The number of halogens is 3. The molecule has 1 heterocycles. The van der Waals surface area contributed by atoms with Crippen LogP contribution >= 0.6 is 47.2 Å². The van der Waals surface area contributed by atoms with Gasteiger partial charge in [0, 0.05) is 47.0 Å². The maximum atomic E-state index is 6.08. The molecule has 0 amide bonds. The first-order chi connectivity index (χ1) is 12.1. The molecule has 1 aromatic rings. The first-order valence-electron chi connectivity index (χ1n) is 8.65. The van der Waals surface area contributed by atoms with Gasteiger partial charge in [-0.15, -0.1) is 24.0 Å². The van der Waals surface area contributed by atoms with E-state index in [-0.39, 0.29) is 24.0 Å². The van der Waals surface area contributed by atoms with E-state index in [0.717, 1.165) is 57.2 Å². The normalized spacial score (nSPS) is 15.5. The van der Waals surface area contributed by atoms with Crippen LogP contribution < -0.4 is 5.32 Å². The number of hydrogen-bond donors (Lipinski definition) is 1. The zero-order chi connectivity index (χ0) is 18.1. The van der Waals surface area contributed by atoms with Crippen molar-refractivity contribution in [1.29, 1.82) is 0 Å². The summed E-state index contributed by atoms with van der Waals surface area (Å²) in [4.78, 5) is 6.38. The smallest absolute Gasteiger partial charge is 0.193 e. The third-order valence-corrected chi connectivity index (χ3v) is 4.84. The summed E-state index contributed by atoms with van der Waals surface area (Å²) in [7, 11) is 3.78. The van der Waals surface area contributed by atoms with E-state index in [9.17, 15) is 0 Å². The zero-order valence-electron chi connectivity index (χ0n) is 15.3. The van der Waals surface area contributed by atoms with Gasteiger partial charge in [0.05, 0.1) is 16.1 Å². The van der Waals surface area contributed by atoms with E-state index in [1.165, 1.54) is 0 Å². The van der Waals surface area contributed by atoms with Crippen LogP contribution in [0, 0.1) is 0 Å². The van der Waals surface area contributed by atoms with Crippen LogP contribution in [-0.4, -0.2) is 57.4 Å². The van der Waals surface area contributed by atoms with E-state index in [4.69, 9.17) is 32.7 Å². The van der Waals surface area contributed by atoms with Crippen LogP contribution in [0.15, 0.2) is 23.2 Å². The minimum absolute atomic E-state index is 0. The van der Waals surface area contributed by atoms with Gasteiger partial charge in [0.1, 0.15) is 0 Å². The average Bonchev–Trinajstić information content (AvgIpc) is 2.62. The van der Waals surface area contributed by atoms with Gasteiger partial charge in [-0.3, -0.25) is 4.99 Å². The van der Waals surface area contributed by atoms with E-state index in [2.05, 4.69) is 15.2 Å². The van der Waals surface area contributed by atoms with Crippen LogP contribution in [0.1, 0.15) is 24.8 Å². The minimum Gasteiger partial charge on any atom is -0.381 e. The van der Waals surface area contributed by atoms with E-state index in [1.807, 2.05) is 25.2 Å². The lowest BCUT2D eigenvalue weighted by atomic mass is 10.1. The molecule has 0 spiro atoms. The first-order valence-corrected chi connectivity index (χ1v) is 9.41. The quantitative estimate of drug-likeness (QED) is 0.256. The van der Waals surface area contributed by atoms with Gasteiger partial charge in [0.2, 0.25) is 0 Å². The van der Waals surface area contributed by atoms with Crippen LogP contribution in [0.4, 0.5) is 0 Å². The molecule has 0 aromatic heterocycles. The summed E-state index contributed by atoms with van der Waals surface area (Å²) in [6, 6.07) is 5.67. The number of aliphatic imine (C=N–C) groups is 1. The Morgan fingerprint density at radius 1 is 1.31 bits per heavy atom. The number of guanidine groups is 1. The van der Waals surface area contributed by atoms with Crippen molar-refractivity contribution < 1.29 is 9.47 Å². The Morgan fingerprint density at radius 2 is 2.04 bits per heavy atom. The molecular formula is C18H28Cl2IN3O2. The molecule has 0 atom stereocenters. The molecule has 148 valence electrons. The predicted octanol–water partition coefficient (Wildman–Crippen LogP) is 4.20.